The van der Waals surface area contributed by atoms with Gasteiger partial charge in [0.25, 0.3) is 0 Å². The SMILES string of the molecule is O=C(O)c1ccnc(S(=O)(=O)C2COC2)c1. The van der Waals surface area contributed by atoms with Crippen molar-refractivity contribution in [3.8, 4) is 0 Å². The topological polar surface area (TPSA) is 93.6 Å². The van der Waals surface area contributed by atoms with E-state index in [1.807, 2.05) is 0 Å². The largest absolute Gasteiger partial charge is 0.478 e. The number of carboxylic acid groups (broad SMARTS) is 1. The van der Waals surface area contributed by atoms with Gasteiger partial charge in [-0.15, -0.1) is 0 Å². The van der Waals surface area contributed by atoms with Crippen molar-refractivity contribution >= 4 is 15.8 Å². The first-order valence-electron chi connectivity index (χ1n) is 4.53. The lowest BCUT2D eigenvalue weighted by Gasteiger charge is -2.25. The average Bonchev–Trinajstić information content (AvgIpc) is 2.14. The Morgan fingerprint density at radius 2 is 2.19 bits per heavy atom. The lowest BCUT2D eigenvalue weighted by molar-refractivity contribution is 0.0415. The number of hydrogen-bond donors (Lipinski definition) is 1. The van der Waals surface area contributed by atoms with Crippen molar-refractivity contribution in [2.75, 3.05) is 13.2 Å². The highest BCUT2D eigenvalue weighted by Crippen LogP contribution is 2.20. The fraction of sp³-hybridized carbons (Fsp3) is 0.333. The van der Waals surface area contributed by atoms with Gasteiger partial charge in [-0.05, 0) is 12.1 Å². The van der Waals surface area contributed by atoms with Gasteiger partial charge in [-0.1, -0.05) is 0 Å². The van der Waals surface area contributed by atoms with E-state index < -0.39 is 21.1 Å². The Morgan fingerprint density at radius 3 is 2.69 bits per heavy atom. The summed E-state index contributed by atoms with van der Waals surface area (Å²) in [6.45, 7) is 0.280. The fourth-order valence-electron chi connectivity index (χ4n) is 1.26. The second-order valence-electron chi connectivity index (χ2n) is 3.39. The molecule has 1 N–H and O–H groups in total. The van der Waals surface area contributed by atoms with Gasteiger partial charge >= 0.3 is 5.97 Å². The third-order valence-corrected chi connectivity index (χ3v) is 4.28. The molecule has 1 aromatic rings. The van der Waals surface area contributed by atoms with E-state index in [4.69, 9.17) is 9.84 Å². The molecule has 0 bridgehead atoms. The van der Waals surface area contributed by atoms with Crippen LogP contribution in [0.1, 0.15) is 10.4 Å². The number of rotatable bonds is 3. The van der Waals surface area contributed by atoms with Crippen LogP contribution in [0.4, 0.5) is 0 Å². The van der Waals surface area contributed by atoms with E-state index in [0.29, 0.717) is 0 Å². The van der Waals surface area contributed by atoms with Gasteiger partial charge in [-0.2, -0.15) is 0 Å². The summed E-state index contributed by atoms with van der Waals surface area (Å²) in [4.78, 5) is 14.4. The summed E-state index contributed by atoms with van der Waals surface area (Å²) in [5.41, 5.74) is -0.0891. The number of hydrogen-bond acceptors (Lipinski definition) is 5. The Hall–Kier alpha value is -1.47. The molecule has 0 amide bonds. The highest BCUT2D eigenvalue weighted by atomic mass is 32.2. The quantitative estimate of drug-likeness (QED) is 0.800. The zero-order valence-corrected chi connectivity index (χ0v) is 8.98. The van der Waals surface area contributed by atoms with Crippen LogP contribution in [0.15, 0.2) is 23.4 Å². The summed E-state index contributed by atoms with van der Waals surface area (Å²) in [5, 5.41) is 7.92. The zero-order chi connectivity index (χ0) is 11.8. The van der Waals surface area contributed by atoms with Crippen LogP contribution in [0.2, 0.25) is 0 Å². The molecule has 6 nitrogen and oxygen atoms in total. The number of aromatic nitrogens is 1. The molecule has 1 aliphatic rings. The highest BCUT2D eigenvalue weighted by Gasteiger charge is 2.35. The maximum absolute atomic E-state index is 11.9. The second-order valence-corrected chi connectivity index (χ2v) is 5.57. The van der Waals surface area contributed by atoms with E-state index in [9.17, 15) is 13.2 Å². The van der Waals surface area contributed by atoms with E-state index in [-0.39, 0.29) is 23.8 Å². The molecule has 1 aromatic heterocycles. The molecule has 0 saturated carbocycles. The number of sulfone groups is 1. The Balaban J connectivity index is 2.40. The van der Waals surface area contributed by atoms with Crippen molar-refractivity contribution in [3.05, 3.63) is 23.9 Å². The summed E-state index contributed by atoms with van der Waals surface area (Å²) in [6, 6.07) is 2.31. The summed E-state index contributed by atoms with van der Waals surface area (Å²) < 4.78 is 28.5. The first-order valence-corrected chi connectivity index (χ1v) is 6.07. The number of nitrogens with zero attached hydrogens (tertiary/aromatic N) is 1. The van der Waals surface area contributed by atoms with E-state index in [0.717, 1.165) is 6.07 Å². The van der Waals surface area contributed by atoms with Crippen molar-refractivity contribution in [1.29, 1.82) is 0 Å². The van der Waals surface area contributed by atoms with Gasteiger partial charge in [0.15, 0.2) is 5.03 Å². The fourth-order valence-corrected chi connectivity index (χ4v) is 2.65. The maximum Gasteiger partial charge on any atom is 0.335 e. The van der Waals surface area contributed by atoms with Crippen LogP contribution >= 0.6 is 0 Å². The van der Waals surface area contributed by atoms with Crippen molar-refractivity contribution in [3.63, 3.8) is 0 Å². The molecule has 86 valence electrons. The standard InChI is InChI=1S/C9H9NO5S/c11-9(12)6-1-2-10-8(3-6)16(13,14)7-4-15-5-7/h1-3,7H,4-5H2,(H,11,12). The summed E-state index contributed by atoms with van der Waals surface area (Å²) >= 11 is 0. The molecule has 1 saturated heterocycles. The number of carboxylic acids is 1. The van der Waals surface area contributed by atoms with Crippen LogP contribution in [-0.4, -0.2) is 42.9 Å². The monoisotopic (exact) mass is 243 g/mol. The molecule has 0 aromatic carbocycles. The molecule has 0 aliphatic carbocycles. The van der Waals surface area contributed by atoms with Crippen LogP contribution in [0.25, 0.3) is 0 Å². The maximum atomic E-state index is 11.9. The van der Waals surface area contributed by atoms with E-state index >= 15 is 0 Å². The van der Waals surface area contributed by atoms with E-state index in [1.165, 1.54) is 12.3 Å². The third kappa shape index (κ3) is 1.79. The molecular formula is C9H9NO5S. The van der Waals surface area contributed by atoms with Gasteiger partial charge in [-0.25, -0.2) is 18.2 Å². The summed E-state index contributed by atoms with van der Waals surface area (Å²) in [5.74, 6) is -1.18. The molecule has 2 rings (SSSR count). The number of ether oxygens (including phenoxy) is 1. The highest BCUT2D eigenvalue weighted by molar-refractivity contribution is 7.92. The van der Waals surface area contributed by atoms with Crippen LogP contribution < -0.4 is 0 Å². The van der Waals surface area contributed by atoms with Gasteiger partial charge in [0, 0.05) is 6.20 Å². The predicted octanol–water partition coefficient (Wildman–Crippen LogP) is -0.0477. The van der Waals surface area contributed by atoms with Crippen LogP contribution in [0, 0.1) is 0 Å². The molecule has 1 fully saturated rings. The van der Waals surface area contributed by atoms with Gasteiger partial charge in [-0.3, -0.25) is 0 Å². The Bertz CT molecular complexity index is 520. The number of carbonyl (C=O) groups is 1. The van der Waals surface area contributed by atoms with Crippen molar-refractivity contribution in [2.45, 2.75) is 10.3 Å². The zero-order valence-electron chi connectivity index (χ0n) is 8.16. The predicted molar refractivity (Wildman–Crippen MR) is 53.0 cm³/mol. The smallest absolute Gasteiger partial charge is 0.335 e. The van der Waals surface area contributed by atoms with Gasteiger partial charge in [0.2, 0.25) is 9.84 Å². The third-order valence-electron chi connectivity index (χ3n) is 2.32. The molecule has 2 heterocycles. The van der Waals surface area contributed by atoms with Crippen molar-refractivity contribution in [1.82, 2.24) is 4.98 Å². The summed E-state index contributed by atoms with van der Waals surface area (Å²) in [6.07, 6.45) is 1.18. The Morgan fingerprint density at radius 1 is 1.50 bits per heavy atom. The van der Waals surface area contributed by atoms with Crippen LogP contribution in [-0.2, 0) is 14.6 Å². The molecule has 0 unspecified atom stereocenters. The first-order chi connectivity index (χ1) is 7.51. The average molecular weight is 243 g/mol. The minimum absolute atomic E-state index is 0.0891. The number of aromatic carboxylic acids is 1. The minimum atomic E-state index is -3.56. The molecule has 1 aliphatic heterocycles. The minimum Gasteiger partial charge on any atom is -0.478 e. The lowest BCUT2D eigenvalue weighted by Crippen LogP contribution is -2.41. The number of pyridine rings is 1. The lowest BCUT2D eigenvalue weighted by atomic mass is 10.3. The van der Waals surface area contributed by atoms with Gasteiger partial charge in [0.1, 0.15) is 5.25 Å². The van der Waals surface area contributed by atoms with E-state index in [2.05, 4.69) is 4.98 Å². The Kier molecular flexibility index (Phi) is 2.64. The Labute approximate surface area is 91.8 Å². The normalized spacial score (nSPS) is 16.8. The van der Waals surface area contributed by atoms with Crippen molar-refractivity contribution in [2.24, 2.45) is 0 Å². The molecule has 7 heteroatoms. The molecule has 0 radical (unpaired) electrons. The molecule has 0 spiro atoms. The molecule has 16 heavy (non-hydrogen) atoms. The summed E-state index contributed by atoms with van der Waals surface area (Å²) in [7, 11) is -3.56. The molecular weight excluding hydrogens is 234 g/mol. The van der Waals surface area contributed by atoms with E-state index in [1.54, 1.807) is 0 Å². The van der Waals surface area contributed by atoms with Crippen LogP contribution in [0.3, 0.4) is 0 Å². The second kappa shape index (κ2) is 3.84. The molecule has 0 atom stereocenters. The van der Waals surface area contributed by atoms with Gasteiger partial charge in [0.05, 0.1) is 18.8 Å². The van der Waals surface area contributed by atoms with Crippen LogP contribution in [0.5, 0.6) is 0 Å². The van der Waals surface area contributed by atoms with Crippen molar-refractivity contribution < 1.29 is 23.1 Å². The van der Waals surface area contributed by atoms with Gasteiger partial charge < -0.3 is 9.84 Å². The first kappa shape index (κ1) is 11.0.